The number of nitrogens with zero attached hydrogens (tertiary/aromatic N) is 2. The summed E-state index contributed by atoms with van der Waals surface area (Å²) in [6, 6.07) is 0. The molecule has 1 atom stereocenters. The maximum absolute atomic E-state index is 5.77. The summed E-state index contributed by atoms with van der Waals surface area (Å²) in [5.74, 6) is 3.12. The van der Waals surface area contributed by atoms with Gasteiger partial charge in [0.1, 0.15) is 11.9 Å². The number of nitrogen functional groups attached to an aromatic ring is 1. The summed E-state index contributed by atoms with van der Waals surface area (Å²) >= 11 is 5.20. The topological polar surface area (TPSA) is 61.0 Å². The molecule has 1 aliphatic heterocycles. The monoisotopic (exact) mass is 289 g/mol. The lowest BCUT2D eigenvalue weighted by atomic mass is 10.3. The summed E-state index contributed by atoms with van der Waals surface area (Å²) in [6.45, 7) is 2.66. The first kappa shape index (κ1) is 11.2. The van der Waals surface area contributed by atoms with Crippen LogP contribution in [-0.4, -0.2) is 28.1 Å². The molecule has 82 valence electrons. The van der Waals surface area contributed by atoms with E-state index in [1.807, 2.05) is 18.7 Å². The average Bonchev–Trinajstić information content (AvgIpc) is 2.26. The van der Waals surface area contributed by atoms with Gasteiger partial charge in [-0.05, 0) is 22.9 Å². The lowest BCUT2D eigenvalue weighted by Crippen LogP contribution is -2.19. The van der Waals surface area contributed by atoms with E-state index in [1.54, 1.807) is 0 Å². The third kappa shape index (κ3) is 2.43. The number of thioether (sulfide) groups is 1. The number of anilines is 1. The lowest BCUT2D eigenvalue weighted by Gasteiger charge is -2.21. The number of aryl methyl sites for hydroxylation is 1. The maximum Gasteiger partial charge on any atom is 0.160 e. The Morgan fingerprint density at radius 1 is 1.53 bits per heavy atom. The predicted octanol–water partition coefficient (Wildman–Crippen LogP) is 1.93. The first-order valence-corrected chi connectivity index (χ1v) is 6.62. The summed E-state index contributed by atoms with van der Waals surface area (Å²) in [7, 11) is 0. The number of ether oxygens (including phenoxy) is 1. The largest absolute Gasteiger partial charge is 0.383 e. The van der Waals surface area contributed by atoms with Gasteiger partial charge >= 0.3 is 0 Å². The van der Waals surface area contributed by atoms with Crippen molar-refractivity contribution in [3.8, 4) is 0 Å². The molecule has 15 heavy (non-hydrogen) atoms. The van der Waals surface area contributed by atoms with E-state index in [0.717, 1.165) is 28.3 Å². The molecule has 1 aromatic rings. The molecule has 0 radical (unpaired) electrons. The van der Waals surface area contributed by atoms with Gasteiger partial charge in [-0.2, -0.15) is 11.8 Å². The standard InChI is InChI=1S/C9H12BrN3OS/c1-5-7(10)8(11)13-9(12-5)6-4-15-3-2-14-6/h6H,2-4H2,1H3,(H2,11,12,13). The fraction of sp³-hybridized carbons (Fsp3) is 0.556. The molecule has 1 fully saturated rings. The number of rotatable bonds is 1. The van der Waals surface area contributed by atoms with Crippen LogP contribution in [0.15, 0.2) is 4.47 Å². The molecule has 0 aromatic carbocycles. The van der Waals surface area contributed by atoms with Crippen molar-refractivity contribution in [3.05, 3.63) is 16.0 Å². The van der Waals surface area contributed by atoms with Crippen molar-refractivity contribution in [2.24, 2.45) is 0 Å². The van der Waals surface area contributed by atoms with Crippen molar-refractivity contribution < 1.29 is 4.74 Å². The zero-order chi connectivity index (χ0) is 10.8. The van der Waals surface area contributed by atoms with Crippen molar-refractivity contribution in [3.63, 3.8) is 0 Å². The molecule has 0 saturated carbocycles. The number of aromatic nitrogens is 2. The van der Waals surface area contributed by atoms with Crippen LogP contribution in [0, 0.1) is 6.92 Å². The third-order valence-corrected chi connectivity index (χ3v) is 4.14. The van der Waals surface area contributed by atoms with E-state index in [0.29, 0.717) is 11.6 Å². The molecule has 0 aliphatic carbocycles. The van der Waals surface area contributed by atoms with Crippen molar-refractivity contribution in [1.82, 2.24) is 9.97 Å². The first-order valence-electron chi connectivity index (χ1n) is 4.67. The molecular formula is C9H12BrN3OS. The fourth-order valence-electron chi connectivity index (χ4n) is 1.38. The molecule has 6 heteroatoms. The molecule has 0 spiro atoms. The maximum atomic E-state index is 5.77. The number of halogens is 1. The van der Waals surface area contributed by atoms with Crippen LogP contribution in [0.4, 0.5) is 5.82 Å². The van der Waals surface area contributed by atoms with E-state index in [4.69, 9.17) is 10.5 Å². The van der Waals surface area contributed by atoms with Crippen LogP contribution in [0.3, 0.4) is 0 Å². The van der Waals surface area contributed by atoms with Gasteiger partial charge < -0.3 is 10.5 Å². The van der Waals surface area contributed by atoms with Gasteiger partial charge in [0.25, 0.3) is 0 Å². The molecule has 1 aliphatic rings. The summed E-state index contributed by atoms with van der Waals surface area (Å²) in [4.78, 5) is 8.62. The van der Waals surface area contributed by atoms with Crippen molar-refractivity contribution in [2.45, 2.75) is 13.0 Å². The van der Waals surface area contributed by atoms with Gasteiger partial charge in [-0.15, -0.1) is 0 Å². The quantitative estimate of drug-likeness (QED) is 0.856. The molecule has 1 aromatic heterocycles. The van der Waals surface area contributed by atoms with Crippen LogP contribution in [0.2, 0.25) is 0 Å². The minimum Gasteiger partial charge on any atom is -0.383 e. The smallest absolute Gasteiger partial charge is 0.160 e. The van der Waals surface area contributed by atoms with Crippen molar-refractivity contribution in [1.29, 1.82) is 0 Å². The minimum absolute atomic E-state index is 0.0159. The van der Waals surface area contributed by atoms with E-state index in [-0.39, 0.29) is 6.10 Å². The molecular weight excluding hydrogens is 278 g/mol. The van der Waals surface area contributed by atoms with Crippen molar-refractivity contribution in [2.75, 3.05) is 23.8 Å². The van der Waals surface area contributed by atoms with Crippen LogP contribution >= 0.6 is 27.7 Å². The lowest BCUT2D eigenvalue weighted by molar-refractivity contribution is 0.0694. The Hall–Kier alpha value is -0.330. The minimum atomic E-state index is -0.0159. The Bertz CT molecular complexity index is 345. The van der Waals surface area contributed by atoms with E-state index in [2.05, 4.69) is 25.9 Å². The zero-order valence-corrected chi connectivity index (χ0v) is 10.8. The average molecular weight is 290 g/mol. The molecule has 2 heterocycles. The number of hydrogen-bond donors (Lipinski definition) is 1. The van der Waals surface area contributed by atoms with Crippen LogP contribution in [0.25, 0.3) is 0 Å². The van der Waals surface area contributed by atoms with Crippen LogP contribution in [-0.2, 0) is 4.74 Å². The Balaban J connectivity index is 2.27. The Labute approximate surface area is 101 Å². The van der Waals surface area contributed by atoms with E-state index in [1.165, 1.54) is 0 Å². The second kappa shape index (κ2) is 4.67. The molecule has 1 saturated heterocycles. The van der Waals surface area contributed by atoms with Gasteiger partial charge in [0.05, 0.1) is 16.8 Å². The fourth-order valence-corrected chi connectivity index (χ4v) is 2.40. The highest BCUT2D eigenvalue weighted by molar-refractivity contribution is 9.10. The Kier molecular flexibility index (Phi) is 3.48. The zero-order valence-electron chi connectivity index (χ0n) is 8.36. The highest BCUT2D eigenvalue weighted by atomic mass is 79.9. The summed E-state index contributed by atoms with van der Waals surface area (Å²) in [5.41, 5.74) is 6.63. The predicted molar refractivity (Wildman–Crippen MR) is 64.9 cm³/mol. The second-order valence-electron chi connectivity index (χ2n) is 3.30. The molecule has 1 unspecified atom stereocenters. The van der Waals surface area contributed by atoms with Gasteiger partial charge in [-0.3, -0.25) is 0 Å². The molecule has 4 nitrogen and oxygen atoms in total. The number of nitrogens with two attached hydrogens (primary N) is 1. The molecule has 0 amide bonds. The second-order valence-corrected chi connectivity index (χ2v) is 5.24. The summed E-state index contributed by atoms with van der Waals surface area (Å²) in [6.07, 6.45) is -0.0159. The highest BCUT2D eigenvalue weighted by Crippen LogP contribution is 2.27. The molecule has 2 rings (SSSR count). The van der Waals surface area contributed by atoms with E-state index < -0.39 is 0 Å². The van der Waals surface area contributed by atoms with Crippen molar-refractivity contribution >= 4 is 33.5 Å². The van der Waals surface area contributed by atoms with Crippen LogP contribution in [0.5, 0.6) is 0 Å². The summed E-state index contributed by atoms with van der Waals surface area (Å²) < 4.78 is 6.37. The Morgan fingerprint density at radius 3 is 2.93 bits per heavy atom. The first-order chi connectivity index (χ1) is 7.18. The van der Waals surface area contributed by atoms with Gasteiger partial charge in [0, 0.05) is 11.5 Å². The highest BCUT2D eigenvalue weighted by Gasteiger charge is 2.20. The third-order valence-electron chi connectivity index (χ3n) is 2.16. The summed E-state index contributed by atoms with van der Waals surface area (Å²) in [5, 5.41) is 0. The van der Waals surface area contributed by atoms with Gasteiger partial charge in [0.2, 0.25) is 0 Å². The van der Waals surface area contributed by atoms with Crippen LogP contribution < -0.4 is 5.73 Å². The SMILES string of the molecule is Cc1nc(C2CSCCO2)nc(N)c1Br. The molecule has 0 bridgehead atoms. The van der Waals surface area contributed by atoms with Gasteiger partial charge in [-0.1, -0.05) is 0 Å². The molecule has 2 N–H and O–H groups in total. The van der Waals surface area contributed by atoms with Gasteiger partial charge in [0.15, 0.2) is 5.82 Å². The Morgan fingerprint density at radius 2 is 2.33 bits per heavy atom. The van der Waals surface area contributed by atoms with E-state index >= 15 is 0 Å². The van der Waals surface area contributed by atoms with E-state index in [9.17, 15) is 0 Å². The normalized spacial score (nSPS) is 21.6. The van der Waals surface area contributed by atoms with Gasteiger partial charge in [-0.25, -0.2) is 9.97 Å². The van der Waals surface area contributed by atoms with Crippen LogP contribution in [0.1, 0.15) is 17.6 Å². The number of hydrogen-bond acceptors (Lipinski definition) is 5.